The molecule has 2 N–H and O–H groups in total. The molecule has 2 nitrogen and oxygen atoms in total. The van der Waals surface area contributed by atoms with E-state index in [1.54, 1.807) is 6.92 Å². The first-order valence-corrected chi connectivity index (χ1v) is 7.73. The first-order chi connectivity index (χ1) is 9.49. The average Bonchev–Trinajstić information content (AvgIpc) is 2.42. The molecule has 1 rings (SSSR count). The molecule has 0 spiro atoms. The fourth-order valence-corrected chi connectivity index (χ4v) is 2.42. The molecular formula is C15H21BrF2N2. The van der Waals surface area contributed by atoms with E-state index in [4.69, 9.17) is 5.41 Å². The minimum absolute atomic E-state index is 0.154. The summed E-state index contributed by atoms with van der Waals surface area (Å²) in [5, 5.41) is 10.7. The molecule has 20 heavy (non-hydrogen) atoms. The lowest BCUT2D eigenvalue weighted by Gasteiger charge is -2.24. The molecule has 1 aromatic rings. The van der Waals surface area contributed by atoms with Crippen molar-refractivity contribution in [1.29, 1.82) is 5.41 Å². The zero-order valence-electron chi connectivity index (χ0n) is 11.8. The van der Waals surface area contributed by atoms with Crippen LogP contribution in [0.4, 0.5) is 14.5 Å². The van der Waals surface area contributed by atoms with Gasteiger partial charge >= 0.3 is 0 Å². The van der Waals surface area contributed by atoms with Crippen molar-refractivity contribution in [2.24, 2.45) is 0 Å². The maximum absolute atomic E-state index is 14.0. The Balaban J connectivity index is 2.96. The maximum Gasteiger partial charge on any atom is 0.125 e. The predicted octanol–water partition coefficient (Wildman–Crippen LogP) is 5.26. The maximum atomic E-state index is 14.0. The molecule has 5 heteroatoms. The van der Waals surface area contributed by atoms with Crippen LogP contribution >= 0.6 is 15.9 Å². The van der Waals surface area contributed by atoms with Gasteiger partial charge in [-0.2, -0.15) is 0 Å². The molecule has 0 saturated carbocycles. The number of unbranched alkanes of at least 4 members (excludes halogenated alkanes) is 1. The van der Waals surface area contributed by atoms with E-state index in [2.05, 4.69) is 28.2 Å². The van der Waals surface area contributed by atoms with Crippen LogP contribution in [0.5, 0.6) is 0 Å². The summed E-state index contributed by atoms with van der Waals surface area (Å²) in [5.74, 6) is -0.397. The average molecular weight is 347 g/mol. The van der Waals surface area contributed by atoms with Gasteiger partial charge in [0.05, 0.1) is 6.04 Å². The van der Waals surface area contributed by atoms with Gasteiger partial charge in [-0.3, -0.25) is 5.41 Å². The molecular weight excluding hydrogens is 326 g/mol. The van der Waals surface area contributed by atoms with Crippen LogP contribution in [0.1, 0.15) is 45.1 Å². The van der Waals surface area contributed by atoms with Crippen LogP contribution in [0, 0.1) is 11.2 Å². The molecule has 0 heterocycles. The number of hydrogen-bond acceptors (Lipinski definition) is 2. The molecule has 1 aromatic carbocycles. The van der Waals surface area contributed by atoms with Crippen molar-refractivity contribution in [3.8, 4) is 0 Å². The first kappa shape index (κ1) is 17.1. The summed E-state index contributed by atoms with van der Waals surface area (Å²) in [6.45, 7) is 3.85. The van der Waals surface area contributed by atoms with Crippen molar-refractivity contribution in [3.05, 3.63) is 29.6 Å². The van der Waals surface area contributed by atoms with Gasteiger partial charge in [0.25, 0.3) is 0 Å². The Morgan fingerprint density at radius 3 is 2.65 bits per heavy atom. The molecule has 2 unspecified atom stereocenters. The van der Waals surface area contributed by atoms with Crippen molar-refractivity contribution in [1.82, 2.24) is 0 Å². The quantitative estimate of drug-likeness (QED) is 0.618. The van der Waals surface area contributed by atoms with Crippen molar-refractivity contribution in [2.75, 3.05) is 5.32 Å². The summed E-state index contributed by atoms with van der Waals surface area (Å²) in [5.41, 5.74) is 1.00. The van der Waals surface area contributed by atoms with Crippen molar-refractivity contribution in [2.45, 2.75) is 51.7 Å². The third-order valence-electron chi connectivity index (χ3n) is 3.25. The van der Waals surface area contributed by atoms with Crippen LogP contribution in [0.2, 0.25) is 0 Å². The highest BCUT2D eigenvalue weighted by Gasteiger charge is 2.20. The number of nitrogens with one attached hydrogen (secondary N) is 2. The number of hydrogen-bond donors (Lipinski definition) is 2. The molecule has 0 aliphatic heterocycles. The molecule has 0 radical (unpaired) electrons. The van der Waals surface area contributed by atoms with Gasteiger partial charge in [0.2, 0.25) is 0 Å². The van der Waals surface area contributed by atoms with Gasteiger partial charge in [0, 0.05) is 11.3 Å². The Bertz CT molecular complexity index is 451. The Morgan fingerprint density at radius 2 is 2.10 bits per heavy atom. The Morgan fingerprint density at radius 1 is 1.40 bits per heavy atom. The van der Waals surface area contributed by atoms with Crippen molar-refractivity contribution in [3.63, 3.8) is 0 Å². The van der Waals surface area contributed by atoms with E-state index in [9.17, 15) is 8.78 Å². The highest BCUT2D eigenvalue weighted by molar-refractivity contribution is 9.18. The summed E-state index contributed by atoms with van der Waals surface area (Å²) in [6.07, 6.45) is 2.02. The van der Waals surface area contributed by atoms with E-state index in [1.807, 2.05) is 0 Å². The zero-order chi connectivity index (χ0) is 15.1. The van der Waals surface area contributed by atoms with Gasteiger partial charge in [-0.15, -0.1) is 0 Å². The molecule has 112 valence electrons. The lowest BCUT2D eigenvalue weighted by Crippen LogP contribution is -2.30. The van der Waals surface area contributed by atoms with Crippen molar-refractivity contribution >= 4 is 26.2 Å². The lowest BCUT2D eigenvalue weighted by atomic mass is 10.0. The van der Waals surface area contributed by atoms with Gasteiger partial charge in [0.1, 0.15) is 16.6 Å². The van der Waals surface area contributed by atoms with Crippen LogP contribution in [-0.4, -0.2) is 16.8 Å². The highest BCUT2D eigenvalue weighted by Crippen LogP contribution is 2.24. The number of benzene rings is 1. The van der Waals surface area contributed by atoms with Crippen LogP contribution in [0.15, 0.2) is 18.2 Å². The normalized spacial score (nSPS) is 13.8. The van der Waals surface area contributed by atoms with Gasteiger partial charge in [-0.1, -0.05) is 26.7 Å². The first-order valence-electron chi connectivity index (χ1n) is 6.94. The van der Waals surface area contributed by atoms with Crippen molar-refractivity contribution < 1.29 is 8.78 Å². The molecule has 0 aliphatic rings. The Labute approximate surface area is 127 Å². The summed E-state index contributed by atoms with van der Waals surface area (Å²) < 4.78 is 27.5. The third kappa shape index (κ3) is 4.85. The van der Waals surface area contributed by atoms with E-state index >= 15 is 0 Å². The van der Waals surface area contributed by atoms with Crippen LogP contribution in [0.3, 0.4) is 0 Å². The SMILES string of the molecule is CCCCC(Nc1cc(F)ccc1C(=N)Br)C(F)CC. The van der Waals surface area contributed by atoms with Crippen LogP contribution < -0.4 is 5.32 Å². The zero-order valence-corrected chi connectivity index (χ0v) is 13.4. The summed E-state index contributed by atoms with van der Waals surface area (Å²) >= 11 is 3.08. The predicted molar refractivity (Wildman–Crippen MR) is 84.3 cm³/mol. The highest BCUT2D eigenvalue weighted by atomic mass is 79.9. The van der Waals surface area contributed by atoms with Crippen LogP contribution in [-0.2, 0) is 0 Å². The largest absolute Gasteiger partial charge is 0.379 e. The van der Waals surface area contributed by atoms with Gasteiger partial charge in [0.15, 0.2) is 0 Å². The fraction of sp³-hybridized carbons (Fsp3) is 0.533. The van der Waals surface area contributed by atoms with Gasteiger partial charge in [-0.25, -0.2) is 8.78 Å². The smallest absolute Gasteiger partial charge is 0.125 e. The molecule has 2 atom stereocenters. The monoisotopic (exact) mass is 346 g/mol. The topological polar surface area (TPSA) is 35.9 Å². The second-order valence-corrected chi connectivity index (χ2v) is 5.61. The standard InChI is InChI=1S/C15H21BrF2N2/c1-3-5-6-13(12(18)4-2)20-14-9-10(17)7-8-11(14)15(16)19/h7-9,12-13,19-20H,3-6H2,1-2H3. The molecule has 0 fully saturated rings. The Kier molecular flexibility index (Phi) is 7.13. The molecule has 0 aromatic heterocycles. The van der Waals surface area contributed by atoms with E-state index in [0.29, 0.717) is 24.1 Å². The molecule has 0 saturated heterocycles. The second kappa shape index (κ2) is 8.35. The Hall–Kier alpha value is -0.970. The number of alkyl halides is 1. The number of halogens is 3. The molecule has 0 amide bonds. The van der Waals surface area contributed by atoms with E-state index in [1.165, 1.54) is 18.2 Å². The van der Waals surface area contributed by atoms with Gasteiger partial charge in [-0.05, 0) is 47.0 Å². The summed E-state index contributed by atoms with van der Waals surface area (Å²) in [7, 11) is 0. The number of rotatable bonds is 8. The number of anilines is 1. The minimum Gasteiger partial charge on any atom is -0.379 e. The second-order valence-electron chi connectivity index (χ2n) is 4.82. The van der Waals surface area contributed by atoms with Crippen LogP contribution in [0.25, 0.3) is 0 Å². The summed E-state index contributed by atoms with van der Waals surface area (Å²) in [4.78, 5) is 0. The fourth-order valence-electron chi connectivity index (χ4n) is 2.08. The van der Waals surface area contributed by atoms with Gasteiger partial charge < -0.3 is 5.32 Å². The van der Waals surface area contributed by atoms with E-state index < -0.39 is 12.0 Å². The molecule has 0 bridgehead atoms. The van der Waals surface area contributed by atoms with E-state index in [-0.39, 0.29) is 10.7 Å². The van der Waals surface area contributed by atoms with E-state index in [0.717, 1.165) is 12.8 Å². The lowest BCUT2D eigenvalue weighted by molar-refractivity contribution is 0.274. The third-order valence-corrected chi connectivity index (χ3v) is 3.68. The summed E-state index contributed by atoms with van der Waals surface area (Å²) in [6, 6.07) is 3.77. The minimum atomic E-state index is -0.984. The molecule has 0 aliphatic carbocycles.